The fraction of sp³-hybridized carbons (Fsp3) is 0.536. The SMILES string of the molecule is CC(=O)OCCCCCCN(C)c1ccccc1.CN(CCCCCCO)c1ccccc1. The Kier molecular flexibility index (Phi) is 16.4. The monoisotopic (exact) mass is 456 g/mol. The van der Waals surface area contributed by atoms with Gasteiger partial charge in [0.1, 0.15) is 0 Å². The summed E-state index contributed by atoms with van der Waals surface area (Å²) in [4.78, 5) is 15.1. The number of ether oxygens (including phenoxy) is 1. The Morgan fingerprint density at radius 2 is 1.12 bits per heavy atom. The summed E-state index contributed by atoms with van der Waals surface area (Å²) < 4.78 is 4.89. The average Bonchev–Trinajstić information content (AvgIpc) is 2.84. The minimum atomic E-state index is -0.182. The van der Waals surface area contributed by atoms with Crippen LogP contribution in [0.25, 0.3) is 0 Å². The molecule has 33 heavy (non-hydrogen) atoms. The number of esters is 1. The van der Waals surface area contributed by atoms with Crippen LogP contribution in [0.2, 0.25) is 0 Å². The first-order valence-electron chi connectivity index (χ1n) is 12.3. The lowest BCUT2D eigenvalue weighted by Gasteiger charge is -2.18. The van der Waals surface area contributed by atoms with Crippen molar-refractivity contribution in [3.8, 4) is 0 Å². The van der Waals surface area contributed by atoms with Crippen LogP contribution in [-0.2, 0) is 9.53 Å². The summed E-state index contributed by atoms with van der Waals surface area (Å²) in [6, 6.07) is 20.8. The van der Waals surface area contributed by atoms with Crippen LogP contribution >= 0.6 is 0 Å². The Hall–Kier alpha value is -2.53. The van der Waals surface area contributed by atoms with Crippen LogP contribution < -0.4 is 9.80 Å². The second-order valence-electron chi connectivity index (χ2n) is 8.41. The maximum Gasteiger partial charge on any atom is 0.302 e. The molecule has 0 amide bonds. The van der Waals surface area contributed by atoms with Crippen molar-refractivity contribution in [2.45, 2.75) is 58.3 Å². The molecule has 184 valence electrons. The summed E-state index contributed by atoms with van der Waals surface area (Å²) in [6.07, 6.45) is 8.92. The first-order chi connectivity index (χ1) is 16.0. The molecule has 0 fully saturated rings. The van der Waals surface area contributed by atoms with Gasteiger partial charge in [0.2, 0.25) is 0 Å². The largest absolute Gasteiger partial charge is 0.466 e. The zero-order valence-corrected chi connectivity index (χ0v) is 20.9. The van der Waals surface area contributed by atoms with Crippen LogP contribution in [0, 0.1) is 0 Å². The summed E-state index contributed by atoms with van der Waals surface area (Å²) >= 11 is 0. The number of para-hydroxylation sites is 2. The minimum absolute atomic E-state index is 0.182. The molecule has 2 aromatic carbocycles. The Labute approximate surface area is 201 Å². The van der Waals surface area contributed by atoms with Crippen molar-refractivity contribution in [2.75, 3.05) is 50.2 Å². The maximum absolute atomic E-state index is 10.5. The van der Waals surface area contributed by atoms with E-state index in [-0.39, 0.29) is 5.97 Å². The molecule has 5 nitrogen and oxygen atoms in total. The molecule has 0 heterocycles. The Bertz CT molecular complexity index is 710. The molecular formula is C28H44N2O3. The number of rotatable bonds is 15. The quantitative estimate of drug-likeness (QED) is 0.266. The summed E-state index contributed by atoms with van der Waals surface area (Å²) in [5.41, 5.74) is 2.54. The second kappa shape index (κ2) is 19.0. The number of anilines is 2. The van der Waals surface area contributed by atoms with Gasteiger partial charge in [-0.05, 0) is 56.4 Å². The molecular weight excluding hydrogens is 412 g/mol. The predicted octanol–water partition coefficient (Wildman–Crippen LogP) is 5.92. The minimum Gasteiger partial charge on any atom is -0.466 e. The van der Waals surface area contributed by atoms with Crippen LogP contribution in [0.5, 0.6) is 0 Å². The van der Waals surface area contributed by atoms with Gasteiger partial charge in [-0.3, -0.25) is 4.79 Å². The van der Waals surface area contributed by atoms with E-state index in [0.29, 0.717) is 13.2 Å². The highest BCUT2D eigenvalue weighted by atomic mass is 16.5. The lowest BCUT2D eigenvalue weighted by Crippen LogP contribution is -2.18. The van der Waals surface area contributed by atoms with E-state index < -0.39 is 0 Å². The summed E-state index contributed by atoms with van der Waals surface area (Å²) in [6.45, 7) is 4.50. The zero-order valence-electron chi connectivity index (χ0n) is 20.9. The summed E-state index contributed by atoms with van der Waals surface area (Å²) in [5.74, 6) is -0.182. The van der Waals surface area contributed by atoms with E-state index in [0.717, 1.165) is 38.8 Å². The highest BCUT2D eigenvalue weighted by Gasteiger charge is 2.00. The van der Waals surface area contributed by atoms with Crippen LogP contribution in [0.1, 0.15) is 58.3 Å². The highest BCUT2D eigenvalue weighted by Crippen LogP contribution is 2.13. The molecule has 0 unspecified atom stereocenters. The van der Waals surface area contributed by atoms with Crippen LogP contribution in [0.4, 0.5) is 11.4 Å². The van der Waals surface area contributed by atoms with Gasteiger partial charge in [0.25, 0.3) is 0 Å². The molecule has 0 aliphatic rings. The number of carbonyl (C=O) groups excluding carboxylic acids is 1. The fourth-order valence-corrected chi connectivity index (χ4v) is 3.46. The van der Waals surface area contributed by atoms with E-state index in [9.17, 15) is 4.79 Å². The van der Waals surface area contributed by atoms with Crippen molar-refractivity contribution >= 4 is 17.3 Å². The van der Waals surface area contributed by atoms with Crippen molar-refractivity contribution < 1.29 is 14.6 Å². The first kappa shape index (κ1) is 28.5. The summed E-state index contributed by atoms with van der Waals surface area (Å²) in [5, 5.41) is 8.64. The van der Waals surface area contributed by atoms with E-state index in [1.165, 1.54) is 44.0 Å². The molecule has 5 heteroatoms. The molecule has 0 saturated carbocycles. The Morgan fingerprint density at radius 1 is 0.697 bits per heavy atom. The van der Waals surface area contributed by atoms with Gasteiger partial charge < -0.3 is 19.6 Å². The third kappa shape index (κ3) is 15.0. The normalized spacial score (nSPS) is 10.2. The molecule has 0 saturated heterocycles. The molecule has 0 aliphatic carbocycles. The standard InChI is InChI=1S/C15H23NO2.C13H21NO/c1-14(17)18-13-9-4-3-8-12-16(2)15-10-6-5-7-11-15;1-14(11-7-2-3-8-12-15)13-9-5-4-6-10-13/h5-7,10-11H,3-4,8-9,12-13H2,1-2H3;4-6,9-10,15H,2-3,7-8,11-12H2,1H3. The average molecular weight is 457 g/mol. The van der Waals surface area contributed by atoms with Crippen LogP contribution in [-0.4, -0.2) is 51.5 Å². The van der Waals surface area contributed by atoms with E-state index in [1.54, 1.807) is 0 Å². The number of benzene rings is 2. The van der Waals surface area contributed by atoms with Crippen molar-refractivity contribution in [1.29, 1.82) is 0 Å². The van der Waals surface area contributed by atoms with Gasteiger partial charge in [-0.1, -0.05) is 55.7 Å². The topological polar surface area (TPSA) is 53.0 Å². The molecule has 2 aromatic rings. The lowest BCUT2D eigenvalue weighted by atomic mass is 10.2. The number of hydrogen-bond donors (Lipinski definition) is 1. The highest BCUT2D eigenvalue weighted by molar-refractivity contribution is 5.65. The van der Waals surface area contributed by atoms with E-state index in [2.05, 4.69) is 72.4 Å². The molecule has 0 spiro atoms. The molecule has 0 aliphatic heterocycles. The van der Waals surface area contributed by atoms with Gasteiger partial charge in [-0.2, -0.15) is 0 Å². The number of nitrogens with zero attached hydrogens (tertiary/aromatic N) is 2. The maximum atomic E-state index is 10.5. The predicted molar refractivity (Wildman–Crippen MR) is 140 cm³/mol. The fourth-order valence-electron chi connectivity index (χ4n) is 3.46. The first-order valence-corrected chi connectivity index (χ1v) is 12.3. The number of aliphatic hydroxyl groups excluding tert-OH is 1. The summed E-state index contributed by atoms with van der Waals surface area (Å²) in [7, 11) is 4.25. The van der Waals surface area contributed by atoms with Crippen molar-refractivity contribution in [3.63, 3.8) is 0 Å². The number of carbonyl (C=O) groups is 1. The van der Waals surface area contributed by atoms with E-state index in [1.807, 2.05) is 12.1 Å². The van der Waals surface area contributed by atoms with Crippen LogP contribution in [0.3, 0.4) is 0 Å². The van der Waals surface area contributed by atoms with E-state index >= 15 is 0 Å². The van der Waals surface area contributed by atoms with Gasteiger partial charge in [-0.25, -0.2) is 0 Å². The van der Waals surface area contributed by atoms with Gasteiger partial charge in [0, 0.05) is 52.1 Å². The van der Waals surface area contributed by atoms with Crippen molar-refractivity contribution in [1.82, 2.24) is 0 Å². The third-order valence-corrected chi connectivity index (χ3v) is 5.49. The van der Waals surface area contributed by atoms with Gasteiger partial charge in [-0.15, -0.1) is 0 Å². The Balaban J connectivity index is 0.000000335. The molecule has 2 rings (SSSR count). The Morgan fingerprint density at radius 3 is 1.55 bits per heavy atom. The zero-order chi connectivity index (χ0) is 24.2. The third-order valence-electron chi connectivity index (χ3n) is 5.49. The molecule has 0 aromatic heterocycles. The van der Waals surface area contributed by atoms with Gasteiger partial charge >= 0.3 is 5.97 Å². The number of aliphatic hydroxyl groups is 1. The van der Waals surface area contributed by atoms with E-state index in [4.69, 9.17) is 9.84 Å². The van der Waals surface area contributed by atoms with Crippen molar-refractivity contribution in [2.24, 2.45) is 0 Å². The molecule has 0 radical (unpaired) electrons. The lowest BCUT2D eigenvalue weighted by molar-refractivity contribution is -0.141. The van der Waals surface area contributed by atoms with Crippen molar-refractivity contribution in [3.05, 3.63) is 60.7 Å². The van der Waals surface area contributed by atoms with Gasteiger partial charge in [0.15, 0.2) is 0 Å². The van der Waals surface area contributed by atoms with Gasteiger partial charge in [0.05, 0.1) is 6.61 Å². The second-order valence-corrected chi connectivity index (χ2v) is 8.41. The molecule has 0 atom stereocenters. The van der Waals surface area contributed by atoms with Crippen LogP contribution in [0.15, 0.2) is 60.7 Å². The molecule has 1 N–H and O–H groups in total. The number of unbranched alkanes of at least 4 members (excludes halogenated alkanes) is 6. The number of hydrogen-bond acceptors (Lipinski definition) is 5. The smallest absolute Gasteiger partial charge is 0.302 e. The molecule has 0 bridgehead atoms.